The Hall–Kier alpha value is -1.42. The monoisotopic (exact) mass is 222 g/mol. The van der Waals surface area contributed by atoms with Gasteiger partial charge in [0.15, 0.2) is 4.77 Å². The van der Waals surface area contributed by atoms with Crippen LogP contribution in [0.5, 0.6) is 0 Å². The molecule has 0 aliphatic rings. The van der Waals surface area contributed by atoms with Crippen molar-refractivity contribution in [1.29, 1.82) is 0 Å². The summed E-state index contributed by atoms with van der Waals surface area (Å²) in [4.78, 5) is 3.01. The molecule has 1 N–H and O–H groups in total. The third-order valence-corrected chi connectivity index (χ3v) is 2.58. The Morgan fingerprint density at radius 2 is 2.07 bits per heavy atom. The number of aromatic amines is 1. The van der Waals surface area contributed by atoms with Gasteiger partial charge in [-0.1, -0.05) is 6.07 Å². The lowest BCUT2D eigenvalue weighted by molar-refractivity contribution is 0.626. The van der Waals surface area contributed by atoms with E-state index in [1.807, 2.05) is 20.0 Å². The van der Waals surface area contributed by atoms with E-state index in [0.717, 1.165) is 16.9 Å². The molecule has 0 unspecified atom stereocenters. The van der Waals surface area contributed by atoms with Gasteiger partial charge < -0.3 is 4.98 Å². The Balaban J connectivity index is 2.68. The molecule has 1 heterocycles. The zero-order valence-electron chi connectivity index (χ0n) is 8.54. The summed E-state index contributed by atoms with van der Waals surface area (Å²) in [5.41, 5.74) is 2.74. The highest BCUT2D eigenvalue weighted by atomic mass is 32.1. The Kier molecular flexibility index (Phi) is 2.44. The molecule has 0 saturated carbocycles. The predicted octanol–water partition coefficient (Wildman–Crippen LogP) is 3.29. The normalized spacial score (nSPS) is 10.6. The number of aryl methyl sites for hydroxylation is 2. The molecule has 1 aromatic carbocycles. The number of hydrogen-bond donors (Lipinski definition) is 1. The topological polar surface area (TPSA) is 20.7 Å². The van der Waals surface area contributed by atoms with Gasteiger partial charge in [0.05, 0.1) is 5.69 Å². The molecular weight excluding hydrogens is 211 g/mol. The van der Waals surface area contributed by atoms with Crippen LogP contribution in [0.1, 0.15) is 11.3 Å². The van der Waals surface area contributed by atoms with Crippen LogP contribution in [-0.4, -0.2) is 9.55 Å². The van der Waals surface area contributed by atoms with E-state index in [2.05, 4.69) is 4.98 Å². The van der Waals surface area contributed by atoms with Gasteiger partial charge in [0.2, 0.25) is 0 Å². The third-order valence-electron chi connectivity index (χ3n) is 2.28. The molecule has 4 heteroatoms. The smallest absolute Gasteiger partial charge is 0.181 e. The summed E-state index contributed by atoms with van der Waals surface area (Å²) in [7, 11) is 0. The fraction of sp³-hybridized carbons (Fsp3) is 0.182. The maximum absolute atomic E-state index is 13.1. The van der Waals surface area contributed by atoms with Crippen molar-refractivity contribution in [2.45, 2.75) is 13.8 Å². The van der Waals surface area contributed by atoms with Crippen LogP contribution in [0, 0.1) is 24.4 Å². The van der Waals surface area contributed by atoms with E-state index < -0.39 is 0 Å². The number of nitrogens with zero attached hydrogens (tertiary/aromatic N) is 1. The van der Waals surface area contributed by atoms with Crippen molar-refractivity contribution < 1.29 is 4.39 Å². The lowest BCUT2D eigenvalue weighted by Gasteiger charge is -2.06. The molecule has 0 aliphatic heterocycles. The zero-order chi connectivity index (χ0) is 11.0. The first-order valence-electron chi connectivity index (χ1n) is 4.63. The first-order chi connectivity index (χ1) is 7.08. The van der Waals surface area contributed by atoms with Gasteiger partial charge in [-0.2, -0.15) is 0 Å². The summed E-state index contributed by atoms with van der Waals surface area (Å²) in [5, 5.41) is 0. The number of imidazole rings is 1. The minimum Gasteiger partial charge on any atom is -0.335 e. The van der Waals surface area contributed by atoms with E-state index in [-0.39, 0.29) is 5.82 Å². The van der Waals surface area contributed by atoms with Crippen molar-refractivity contribution in [3.8, 4) is 5.69 Å². The standard InChI is InChI=1S/C11H11FN2S/c1-7-3-4-9(12)5-10(7)14-6-8(2)13-11(14)15/h3-6H,1-2H3,(H,13,15). The Morgan fingerprint density at radius 1 is 1.33 bits per heavy atom. The Labute approximate surface area is 92.4 Å². The molecule has 2 rings (SSSR count). The van der Waals surface area contributed by atoms with Crippen LogP contribution in [0.15, 0.2) is 24.4 Å². The minimum atomic E-state index is -0.253. The minimum absolute atomic E-state index is 0.253. The summed E-state index contributed by atoms with van der Waals surface area (Å²) in [5.74, 6) is -0.253. The van der Waals surface area contributed by atoms with Gasteiger partial charge in [-0.25, -0.2) is 4.39 Å². The van der Waals surface area contributed by atoms with Crippen LogP contribution in [-0.2, 0) is 0 Å². The van der Waals surface area contributed by atoms with E-state index in [0.29, 0.717) is 4.77 Å². The van der Waals surface area contributed by atoms with Gasteiger partial charge in [0.1, 0.15) is 5.82 Å². The highest BCUT2D eigenvalue weighted by molar-refractivity contribution is 7.71. The predicted molar refractivity (Wildman–Crippen MR) is 60.4 cm³/mol. The third kappa shape index (κ3) is 1.85. The molecule has 1 aromatic heterocycles. The summed E-state index contributed by atoms with van der Waals surface area (Å²) in [6, 6.07) is 4.68. The van der Waals surface area contributed by atoms with Crippen LogP contribution in [0.25, 0.3) is 5.69 Å². The molecule has 0 amide bonds. The lowest BCUT2D eigenvalue weighted by Crippen LogP contribution is -1.96. The molecule has 0 bridgehead atoms. The van der Waals surface area contributed by atoms with E-state index in [1.54, 1.807) is 10.6 Å². The van der Waals surface area contributed by atoms with E-state index in [9.17, 15) is 4.39 Å². The molecule has 2 aromatic rings. The Morgan fingerprint density at radius 3 is 2.67 bits per heavy atom. The molecule has 0 fully saturated rings. The molecule has 0 spiro atoms. The largest absolute Gasteiger partial charge is 0.335 e. The van der Waals surface area contributed by atoms with Crippen LogP contribution in [0.2, 0.25) is 0 Å². The number of hydrogen-bond acceptors (Lipinski definition) is 1. The number of nitrogens with one attached hydrogen (secondary N) is 1. The molecule has 0 radical (unpaired) electrons. The summed E-state index contributed by atoms with van der Waals surface area (Å²) < 4.78 is 15.5. The number of benzene rings is 1. The van der Waals surface area contributed by atoms with Crippen LogP contribution < -0.4 is 0 Å². The maximum Gasteiger partial charge on any atom is 0.181 e. The van der Waals surface area contributed by atoms with Crippen LogP contribution >= 0.6 is 12.2 Å². The Bertz CT molecular complexity index is 554. The number of halogens is 1. The van der Waals surface area contributed by atoms with Gasteiger partial charge in [-0.15, -0.1) is 0 Å². The zero-order valence-corrected chi connectivity index (χ0v) is 9.36. The van der Waals surface area contributed by atoms with Gasteiger partial charge in [-0.05, 0) is 43.8 Å². The van der Waals surface area contributed by atoms with Gasteiger partial charge in [0, 0.05) is 11.9 Å². The van der Waals surface area contributed by atoms with Gasteiger partial charge in [-0.3, -0.25) is 4.57 Å². The van der Waals surface area contributed by atoms with Crippen molar-refractivity contribution in [2.75, 3.05) is 0 Å². The maximum atomic E-state index is 13.1. The second-order valence-electron chi connectivity index (χ2n) is 3.54. The number of rotatable bonds is 1. The number of H-pyrrole nitrogens is 1. The van der Waals surface area contributed by atoms with E-state index in [4.69, 9.17) is 12.2 Å². The lowest BCUT2D eigenvalue weighted by atomic mass is 10.2. The molecule has 15 heavy (non-hydrogen) atoms. The first kappa shape index (κ1) is 10.1. The fourth-order valence-corrected chi connectivity index (χ4v) is 1.85. The summed E-state index contributed by atoms with van der Waals surface area (Å²) in [6.07, 6.45) is 1.87. The highest BCUT2D eigenvalue weighted by Crippen LogP contribution is 2.16. The van der Waals surface area contributed by atoms with E-state index in [1.165, 1.54) is 12.1 Å². The summed E-state index contributed by atoms with van der Waals surface area (Å²) in [6.45, 7) is 3.85. The van der Waals surface area contributed by atoms with Crippen LogP contribution in [0.4, 0.5) is 4.39 Å². The molecule has 2 nitrogen and oxygen atoms in total. The molecule has 0 aliphatic carbocycles. The SMILES string of the molecule is Cc1cn(-c2cc(F)ccc2C)c(=S)[nH]1. The van der Waals surface area contributed by atoms with Gasteiger partial charge in [0.25, 0.3) is 0 Å². The quantitative estimate of drug-likeness (QED) is 0.734. The number of aromatic nitrogens is 2. The van der Waals surface area contributed by atoms with Crippen LogP contribution in [0.3, 0.4) is 0 Å². The average Bonchev–Trinajstić information content (AvgIpc) is 2.50. The first-order valence-corrected chi connectivity index (χ1v) is 5.03. The van der Waals surface area contributed by atoms with Crippen molar-refractivity contribution in [3.05, 3.63) is 46.2 Å². The van der Waals surface area contributed by atoms with Crippen molar-refractivity contribution >= 4 is 12.2 Å². The summed E-state index contributed by atoms with van der Waals surface area (Å²) >= 11 is 5.14. The molecular formula is C11H11FN2S. The fourth-order valence-electron chi connectivity index (χ4n) is 1.53. The van der Waals surface area contributed by atoms with E-state index >= 15 is 0 Å². The molecule has 0 atom stereocenters. The van der Waals surface area contributed by atoms with Crippen molar-refractivity contribution in [1.82, 2.24) is 9.55 Å². The molecule has 0 saturated heterocycles. The second kappa shape index (κ2) is 3.62. The molecule has 78 valence electrons. The average molecular weight is 222 g/mol. The van der Waals surface area contributed by atoms with Gasteiger partial charge >= 0.3 is 0 Å². The van der Waals surface area contributed by atoms with Crippen molar-refractivity contribution in [2.24, 2.45) is 0 Å². The highest BCUT2D eigenvalue weighted by Gasteiger charge is 2.04. The van der Waals surface area contributed by atoms with Crippen molar-refractivity contribution in [3.63, 3.8) is 0 Å². The second-order valence-corrected chi connectivity index (χ2v) is 3.93.